The molecule has 0 bridgehead atoms. The van der Waals surface area contributed by atoms with Crippen LogP contribution in [0.2, 0.25) is 0 Å². The van der Waals surface area contributed by atoms with Gasteiger partial charge in [-0.2, -0.15) is 10.1 Å². The van der Waals surface area contributed by atoms with Crippen molar-refractivity contribution in [1.29, 1.82) is 0 Å². The fraction of sp³-hybridized carbons (Fsp3) is 0.450. The Bertz CT molecular complexity index is 990. The molecule has 3 aromatic rings. The number of aryl methyl sites for hydroxylation is 3. The number of urea groups is 1. The molecule has 1 saturated heterocycles. The van der Waals surface area contributed by atoms with Gasteiger partial charge in [0.05, 0.1) is 17.8 Å². The first-order valence-corrected chi connectivity index (χ1v) is 9.85. The molecule has 1 unspecified atom stereocenters. The van der Waals surface area contributed by atoms with Gasteiger partial charge in [0.1, 0.15) is 5.82 Å². The molecule has 4 rings (SSSR count). The predicted molar refractivity (Wildman–Crippen MR) is 107 cm³/mol. The summed E-state index contributed by atoms with van der Waals surface area (Å²) in [6.45, 7) is 4.53. The normalized spacial score (nSPS) is 17.2. The van der Waals surface area contributed by atoms with E-state index in [1.54, 1.807) is 15.8 Å². The fourth-order valence-corrected chi connectivity index (χ4v) is 3.73. The highest BCUT2D eigenvalue weighted by molar-refractivity contribution is 5.88. The lowest BCUT2D eigenvalue weighted by Gasteiger charge is -2.27. The molecule has 4 heterocycles. The van der Waals surface area contributed by atoms with Crippen molar-refractivity contribution in [3.8, 4) is 11.5 Å². The Morgan fingerprint density at radius 2 is 2.07 bits per heavy atom. The molecule has 1 N–H and O–H groups in total. The maximum Gasteiger partial charge on any atom is 0.323 e. The minimum atomic E-state index is -0.238. The van der Waals surface area contributed by atoms with E-state index in [4.69, 9.17) is 4.52 Å². The van der Waals surface area contributed by atoms with Gasteiger partial charge in [-0.25, -0.2) is 9.78 Å². The Morgan fingerprint density at radius 3 is 2.83 bits per heavy atom. The largest absolute Gasteiger partial charge is 0.334 e. The Balaban J connectivity index is 1.57. The van der Waals surface area contributed by atoms with Gasteiger partial charge < -0.3 is 9.42 Å². The highest BCUT2D eigenvalue weighted by Gasteiger charge is 2.31. The molecule has 1 aliphatic rings. The number of hydrogen-bond donors (Lipinski definition) is 1. The van der Waals surface area contributed by atoms with Gasteiger partial charge in [-0.05, 0) is 44.4 Å². The van der Waals surface area contributed by atoms with Crippen molar-refractivity contribution >= 4 is 11.8 Å². The van der Waals surface area contributed by atoms with Crippen molar-refractivity contribution in [2.75, 3.05) is 11.9 Å². The maximum atomic E-state index is 13.1. The highest BCUT2D eigenvalue weighted by atomic mass is 16.5. The zero-order valence-corrected chi connectivity index (χ0v) is 16.9. The van der Waals surface area contributed by atoms with Crippen molar-refractivity contribution in [3.05, 3.63) is 41.6 Å². The third-order valence-electron chi connectivity index (χ3n) is 5.04. The zero-order chi connectivity index (χ0) is 20.4. The first-order valence-electron chi connectivity index (χ1n) is 9.85. The molecule has 152 valence electrons. The van der Waals surface area contributed by atoms with Gasteiger partial charge in [-0.1, -0.05) is 18.0 Å². The number of rotatable bonds is 3. The van der Waals surface area contributed by atoms with E-state index in [1.165, 1.54) is 0 Å². The van der Waals surface area contributed by atoms with Gasteiger partial charge >= 0.3 is 6.03 Å². The van der Waals surface area contributed by atoms with E-state index < -0.39 is 0 Å². The van der Waals surface area contributed by atoms with Crippen molar-refractivity contribution in [2.24, 2.45) is 7.05 Å². The second-order valence-corrected chi connectivity index (χ2v) is 7.52. The van der Waals surface area contributed by atoms with Crippen LogP contribution in [0.3, 0.4) is 0 Å². The molecular formula is C20H25N7O2. The molecule has 1 aliphatic heterocycles. The van der Waals surface area contributed by atoms with Gasteiger partial charge in [-0.3, -0.25) is 10.00 Å². The molecule has 29 heavy (non-hydrogen) atoms. The number of hydrogen-bond acceptors (Lipinski definition) is 6. The Hall–Kier alpha value is -3.23. The van der Waals surface area contributed by atoms with Crippen LogP contribution in [0.4, 0.5) is 10.6 Å². The third kappa shape index (κ3) is 4.28. The molecule has 1 fully saturated rings. The van der Waals surface area contributed by atoms with Crippen LogP contribution in [0.5, 0.6) is 0 Å². The molecule has 3 aromatic heterocycles. The summed E-state index contributed by atoms with van der Waals surface area (Å²) in [7, 11) is 1.83. The standard InChI is InChI=1S/C20H25N7O2/c1-13-9-14(2)22-17(10-13)23-20(28)27-8-6-4-5-7-16(27)18-24-19(29-25-18)15-11-21-26(3)12-15/h9-12,16H,4-8H2,1-3H3,(H,22,23,28). The van der Waals surface area contributed by atoms with Crippen LogP contribution >= 0.6 is 0 Å². The first kappa shape index (κ1) is 19.1. The number of aromatic nitrogens is 5. The fourth-order valence-electron chi connectivity index (χ4n) is 3.73. The number of likely N-dealkylation sites (tertiary alicyclic amines) is 1. The Kier molecular flexibility index (Phi) is 5.28. The predicted octanol–water partition coefficient (Wildman–Crippen LogP) is 3.63. The summed E-state index contributed by atoms with van der Waals surface area (Å²) in [4.78, 5) is 23.9. The second-order valence-electron chi connectivity index (χ2n) is 7.52. The average Bonchev–Trinajstić information content (AvgIpc) is 3.24. The molecule has 0 spiro atoms. The lowest BCUT2D eigenvalue weighted by atomic mass is 10.1. The smallest absolute Gasteiger partial charge is 0.323 e. The zero-order valence-electron chi connectivity index (χ0n) is 16.9. The van der Waals surface area contributed by atoms with Gasteiger partial charge in [0, 0.05) is 25.5 Å². The molecule has 9 heteroatoms. The first-order chi connectivity index (χ1) is 14.0. The minimum absolute atomic E-state index is 0.192. The number of amides is 2. The monoisotopic (exact) mass is 395 g/mol. The van der Waals surface area contributed by atoms with Crippen LogP contribution in [0, 0.1) is 13.8 Å². The van der Waals surface area contributed by atoms with Crippen LogP contribution in [0.1, 0.15) is 48.8 Å². The Morgan fingerprint density at radius 1 is 1.21 bits per heavy atom. The lowest BCUT2D eigenvalue weighted by molar-refractivity contribution is 0.184. The number of pyridine rings is 1. The van der Waals surface area contributed by atoms with Gasteiger partial charge in [0.15, 0.2) is 5.82 Å². The number of carbonyl (C=O) groups excluding carboxylic acids is 1. The summed E-state index contributed by atoms with van der Waals surface area (Å²) in [6, 6.07) is 3.41. The van der Waals surface area contributed by atoms with E-state index in [1.807, 2.05) is 39.2 Å². The third-order valence-corrected chi connectivity index (χ3v) is 5.04. The quantitative estimate of drug-likeness (QED) is 0.726. The van der Waals surface area contributed by atoms with E-state index in [0.29, 0.717) is 24.1 Å². The summed E-state index contributed by atoms with van der Waals surface area (Å²) in [6.07, 6.45) is 7.31. The van der Waals surface area contributed by atoms with Crippen molar-refractivity contribution in [1.82, 2.24) is 29.8 Å². The SMILES string of the molecule is Cc1cc(C)nc(NC(=O)N2CCCCCC2c2noc(-c3cnn(C)c3)n2)c1. The van der Waals surface area contributed by atoms with E-state index in [-0.39, 0.29) is 12.1 Å². The van der Waals surface area contributed by atoms with Crippen LogP contribution in [0.25, 0.3) is 11.5 Å². The highest BCUT2D eigenvalue weighted by Crippen LogP contribution is 2.30. The molecule has 2 amide bonds. The molecule has 0 saturated carbocycles. The molecule has 0 aliphatic carbocycles. The summed E-state index contributed by atoms with van der Waals surface area (Å²) in [5.41, 5.74) is 2.68. The number of carbonyl (C=O) groups is 1. The molecule has 0 radical (unpaired) electrons. The van der Waals surface area contributed by atoms with Crippen molar-refractivity contribution in [3.63, 3.8) is 0 Å². The van der Waals surface area contributed by atoms with E-state index >= 15 is 0 Å². The number of anilines is 1. The molecule has 9 nitrogen and oxygen atoms in total. The molecular weight excluding hydrogens is 370 g/mol. The summed E-state index contributed by atoms with van der Waals surface area (Å²) in [5.74, 6) is 1.49. The summed E-state index contributed by atoms with van der Waals surface area (Å²) >= 11 is 0. The Labute approximate surface area is 169 Å². The average molecular weight is 395 g/mol. The molecule has 1 atom stereocenters. The topological polar surface area (TPSA) is 102 Å². The minimum Gasteiger partial charge on any atom is -0.334 e. The van der Waals surface area contributed by atoms with Crippen LogP contribution in [-0.4, -0.2) is 42.4 Å². The van der Waals surface area contributed by atoms with Crippen molar-refractivity contribution in [2.45, 2.75) is 45.6 Å². The van der Waals surface area contributed by atoms with E-state index in [0.717, 1.165) is 42.5 Å². The molecule has 0 aromatic carbocycles. The van der Waals surface area contributed by atoms with Crippen LogP contribution in [0.15, 0.2) is 29.0 Å². The van der Waals surface area contributed by atoms with Crippen molar-refractivity contribution < 1.29 is 9.32 Å². The van der Waals surface area contributed by atoms with Crippen LogP contribution < -0.4 is 5.32 Å². The summed E-state index contributed by atoms with van der Waals surface area (Å²) < 4.78 is 7.13. The number of nitrogens with one attached hydrogen (secondary N) is 1. The van der Waals surface area contributed by atoms with Gasteiger partial charge in [0.2, 0.25) is 0 Å². The lowest BCUT2D eigenvalue weighted by Crippen LogP contribution is -2.38. The van der Waals surface area contributed by atoms with Crippen LogP contribution in [-0.2, 0) is 7.05 Å². The van der Waals surface area contributed by atoms with E-state index in [2.05, 4.69) is 25.5 Å². The summed E-state index contributed by atoms with van der Waals surface area (Å²) in [5, 5.41) is 11.3. The van der Waals surface area contributed by atoms with Gasteiger partial charge in [-0.15, -0.1) is 0 Å². The van der Waals surface area contributed by atoms with Gasteiger partial charge in [0.25, 0.3) is 5.89 Å². The second kappa shape index (κ2) is 8.02. The van der Waals surface area contributed by atoms with E-state index in [9.17, 15) is 4.79 Å². The number of nitrogens with zero attached hydrogens (tertiary/aromatic N) is 6. The maximum absolute atomic E-state index is 13.1.